The van der Waals surface area contributed by atoms with Crippen LogP contribution in [0.4, 0.5) is 0 Å². The number of hydrogen-bond acceptors (Lipinski definition) is 3. The first-order valence-corrected chi connectivity index (χ1v) is 7.63. The van der Waals surface area contributed by atoms with Crippen LogP contribution in [0, 0.1) is 5.92 Å². The predicted molar refractivity (Wildman–Crippen MR) is 84.1 cm³/mol. The summed E-state index contributed by atoms with van der Waals surface area (Å²) in [5, 5.41) is 9.85. The highest BCUT2D eigenvalue weighted by Gasteiger charge is 2.37. The summed E-state index contributed by atoms with van der Waals surface area (Å²) in [6.07, 6.45) is 4.09. The minimum Gasteiger partial charge on any atom is -0.497 e. The normalized spacial score (nSPS) is 15.7. The molecule has 114 valence electrons. The summed E-state index contributed by atoms with van der Waals surface area (Å²) < 4.78 is 5.34. The average Bonchev–Trinajstić information content (AvgIpc) is 2.50. The van der Waals surface area contributed by atoms with E-state index in [1.165, 1.54) is 5.56 Å². The molecule has 0 spiro atoms. The third-order valence-corrected chi connectivity index (χ3v) is 4.34. The summed E-state index contributed by atoms with van der Waals surface area (Å²) in [7, 11) is 1.68. The summed E-state index contributed by atoms with van der Waals surface area (Å²) >= 11 is 0. The van der Waals surface area contributed by atoms with Gasteiger partial charge in [-0.2, -0.15) is 0 Å². The van der Waals surface area contributed by atoms with E-state index in [0.717, 1.165) is 31.4 Å². The van der Waals surface area contributed by atoms with Gasteiger partial charge < -0.3 is 15.6 Å². The van der Waals surface area contributed by atoms with E-state index in [1.54, 1.807) is 7.11 Å². The van der Waals surface area contributed by atoms with Crippen LogP contribution in [-0.2, 0) is 5.41 Å². The Labute approximate surface area is 123 Å². The first-order valence-electron chi connectivity index (χ1n) is 7.63. The van der Waals surface area contributed by atoms with Crippen molar-refractivity contribution in [3.05, 3.63) is 29.8 Å². The molecule has 0 amide bonds. The Hall–Kier alpha value is -1.06. The van der Waals surface area contributed by atoms with Crippen LogP contribution in [0.25, 0.3) is 0 Å². The number of aliphatic hydroxyl groups is 1. The van der Waals surface area contributed by atoms with Gasteiger partial charge in [0.15, 0.2) is 0 Å². The fraction of sp³-hybridized carbons (Fsp3) is 0.647. The van der Waals surface area contributed by atoms with E-state index in [1.807, 2.05) is 12.1 Å². The first-order chi connectivity index (χ1) is 9.68. The molecular formula is C17H29NO2. The summed E-state index contributed by atoms with van der Waals surface area (Å²) in [5.74, 6) is 1.05. The molecule has 0 aliphatic carbocycles. The Balaban J connectivity index is 3.26. The van der Waals surface area contributed by atoms with Crippen molar-refractivity contribution in [2.24, 2.45) is 11.7 Å². The molecule has 20 heavy (non-hydrogen) atoms. The molecule has 3 N–H and O–H groups in total. The number of nitrogens with two attached hydrogens (primary N) is 1. The summed E-state index contributed by atoms with van der Waals surface area (Å²) in [4.78, 5) is 0. The Morgan fingerprint density at radius 1 is 1.30 bits per heavy atom. The molecule has 0 saturated carbocycles. The number of methoxy groups -OCH3 is 1. The van der Waals surface area contributed by atoms with Gasteiger partial charge in [0.2, 0.25) is 0 Å². The third-order valence-electron chi connectivity index (χ3n) is 4.34. The van der Waals surface area contributed by atoms with E-state index in [2.05, 4.69) is 26.0 Å². The number of benzene rings is 1. The van der Waals surface area contributed by atoms with Crippen LogP contribution in [0.2, 0.25) is 0 Å². The summed E-state index contributed by atoms with van der Waals surface area (Å²) in [6.45, 7) is 5.06. The van der Waals surface area contributed by atoms with Crippen molar-refractivity contribution < 1.29 is 9.84 Å². The van der Waals surface area contributed by atoms with Crippen LogP contribution in [0.5, 0.6) is 5.75 Å². The molecule has 0 aliphatic rings. The third kappa shape index (κ3) is 3.53. The van der Waals surface area contributed by atoms with Crippen molar-refractivity contribution in [3.8, 4) is 5.75 Å². The average molecular weight is 279 g/mol. The zero-order valence-corrected chi connectivity index (χ0v) is 13.1. The zero-order valence-electron chi connectivity index (χ0n) is 13.1. The molecule has 3 heteroatoms. The van der Waals surface area contributed by atoms with E-state index in [9.17, 15) is 5.11 Å². The molecular weight excluding hydrogens is 250 g/mol. The van der Waals surface area contributed by atoms with Crippen LogP contribution in [0.1, 0.15) is 45.1 Å². The van der Waals surface area contributed by atoms with Gasteiger partial charge in [-0.15, -0.1) is 0 Å². The minimum absolute atomic E-state index is 0.159. The Kier molecular flexibility index (Phi) is 7.03. The fourth-order valence-corrected chi connectivity index (χ4v) is 3.24. The molecule has 0 fully saturated rings. The van der Waals surface area contributed by atoms with Crippen LogP contribution in [0.3, 0.4) is 0 Å². The lowest BCUT2D eigenvalue weighted by atomic mass is 9.66. The Morgan fingerprint density at radius 3 is 2.55 bits per heavy atom. The largest absolute Gasteiger partial charge is 0.497 e. The second kappa shape index (κ2) is 8.28. The van der Waals surface area contributed by atoms with Crippen LogP contribution >= 0.6 is 0 Å². The van der Waals surface area contributed by atoms with Gasteiger partial charge in [-0.25, -0.2) is 0 Å². The predicted octanol–water partition coefficient (Wildman–Crippen LogP) is 3.10. The van der Waals surface area contributed by atoms with Crippen LogP contribution < -0.4 is 10.5 Å². The molecule has 0 heterocycles. The van der Waals surface area contributed by atoms with E-state index < -0.39 is 0 Å². The molecule has 1 aromatic rings. The van der Waals surface area contributed by atoms with Crippen LogP contribution in [0.15, 0.2) is 24.3 Å². The highest BCUT2D eigenvalue weighted by Crippen LogP contribution is 2.39. The quantitative estimate of drug-likeness (QED) is 0.730. The second-order valence-corrected chi connectivity index (χ2v) is 5.51. The highest BCUT2D eigenvalue weighted by molar-refractivity contribution is 5.35. The lowest BCUT2D eigenvalue weighted by Crippen LogP contribution is -2.44. The molecule has 0 aliphatic heterocycles. The monoisotopic (exact) mass is 279 g/mol. The molecule has 0 bridgehead atoms. The zero-order chi connectivity index (χ0) is 15.0. The fourth-order valence-electron chi connectivity index (χ4n) is 3.24. The van der Waals surface area contributed by atoms with Gasteiger partial charge in [-0.1, -0.05) is 38.8 Å². The first kappa shape index (κ1) is 17.0. The van der Waals surface area contributed by atoms with E-state index >= 15 is 0 Å². The number of hydrogen-bond donors (Lipinski definition) is 2. The van der Waals surface area contributed by atoms with Crippen molar-refractivity contribution in [1.82, 2.24) is 0 Å². The van der Waals surface area contributed by atoms with Crippen molar-refractivity contribution in [2.75, 3.05) is 20.3 Å². The van der Waals surface area contributed by atoms with Crippen LogP contribution in [-0.4, -0.2) is 25.4 Å². The van der Waals surface area contributed by atoms with Gasteiger partial charge >= 0.3 is 0 Å². The van der Waals surface area contributed by atoms with Crippen molar-refractivity contribution >= 4 is 0 Å². The van der Waals surface area contributed by atoms with E-state index in [4.69, 9.17) is 10.5 Å². The minimum atomic E-state index is -0.159. The van der Waals surface area contributed by atoms with Crippen molar-refractivity contribution in [1.29, 1.82) is 0 Å². The van der Waals surface area contributed by atoms with Gasteiger partial charge in [0.05, 0.1) is 7.11 Å². The molecule has 1 rings (SSSR count). The Bertz CT molecular complexity index is 394. The number of ether oxygens (including phenoxy) is 1. The molecule has 1 aromatic carbocycles. The molecule has 0 unspecified atom stereocenters. The molecule has 0 radical (unpaired) electrons. The SMILES string of the molecule is CCC[C@@H](CO)[C@](CN)(CCC)c1cccc(OC)c1. The Morgan fingerprint density at radius 2 is 2.05 bits per heavy atom. The van der Waals surface area contributed by atoms with Gasteiger partial charge in [-0.05, 0) is 36.5 Å². The van der Waals surface area contributed by atoms with E-state index in [0.29, 0.717) is 6.54 Å². The number of aliphatic hydroxyl groups excluding tert-OH is 1. The standard InChI is InChI=1S/C17H29NO2/c1-4-7-15(12-19)17(13-18,10-5-2)14-8-6-9-16(11-14)20-3/h6,8-9,11,15,19H,4-5,7,10,12-13,18H2,1-3H3/t15-,17-/m0/s1. The molecule has 0 saturated heterocycles. The van der Waals surface area contributed by atoms with Gasteiger partial charge in [-0.3, -0.25) is 0 Å². The van der Waals surface area contributed by atoms with Gasteiger partial charge in [0.25, 0.3) is 0 Å². The maximum Gasteiger partial charge on any atom is 0.119 e. The smallest absolute Gasteiger partial charge is 0.119 e. The maximum atomic E-state index is 9.85. The lowest BCUT2D eigenvalue weighted by Gasteiger charge is -2.40. The lowest BCUT2D eigenvalue weighted by molar-refractivity contribution is 0.133. The second-order valence-electron chi connectivity index (χ2n) is 5.51. The topological polar surface area (TPSA) is 55.5 Å². The van der Waals surface area contributed by atoms with Gasteiger partial charge in [0.1, 0.15) is 5.75 Å². The summed E-state index contributed by atoms with van der Waals surface area (Å²) in [5.41, 5.74) is 7.20. The maximum absolute atomic E-state index is 9.85. The van der Waals surface area contributed by atoms with Crippen molar-refractivity contribution in [3.63, 3.8) is 0 Å². The molecule has 3 nitrogen and oxygen atoms in total. The van der Waals surface area contributed by atoms with E-state index in [-0.39, 0.29) is 17.9 Å². The molecule has 0 aromatic heterocycles. The van der Waals surface area contributed by atoms with Gasteiger partial charge in [0, 0.05) is 18.6 Å². The highest BCUT2D eigenvalue weighted by atomic mass is 16.5. The molecule has 2 atom stereocenters. The summed E-state index contributed by atoms with van der Waals surface area (Å²) in [6, 6.07) is 8.14. The number of rotatable bonds is 9. The van der Waals surface area contributed by atoms with Crippen molar-refractivity contribution in [2.45, 2.75) is 44.9 Å².